The molecule has 2 aliphatic rings. The van der Waals surface area contributed by atoms with Crippen molar-refractivity contribution >= 4 is 51.7 Å². The molecule has 1 aliphatic heterocycles. The van der Waals surface area contributed by atoms with E-state index in [9.17, 15) is 9.59 Å². The molecule has 1 aromatic rings. The number of hydrogen-bond donors (Lipinski definition) is 1. The zero-order valence-corrected chi connectivity index (χ0v) is 13.7. The van der Waals surface area contributed by atoms with E-state index in [-0.39, 0.29) is 18.4 Å². The van der Waals surface area contributed by atoms with E-state index in [0.717, 1.165) is 29.3 Å². The summed E-state index contributed by atoms with van der Waals surface area (Å²) in [6, 6.07) is 5.50. The molecule has 1 N–H and O–H groups in total. The maximum Gasteiger partial charge on any atom is 0.253 e. The highest BCUT2D eigenvalue weighted by Crippen LogP contribution is 2.37. The van der Waals surface area contributed by atoms with Crippen molar-refractivity contribution in [2.45, 2.75) is 31.2 Å². The molecule has 1 aliphatic carbocycles. The number of rotatable bonds is 1. The quantitative estimate of drug-likeness (QED) is 0.732. The van der Waals surface area contributed by atoms with Gasteiger partial charge in [-0.1, -0.05) is 24.4 Å². The van der Waals surface area contributed by atoms with Gasteiger partial charge in [-0.2, -0.15) is 0 Å². The summed E-state index contributed by atoms with van der Waals surface area (Å²) in [6.45, 7) is 0.0426. The van der Waals surface area contributed by atoms with E-state index in [1.54, 1.807) is 6.07 Å². The van der Waals surface area contributed by atoms with E-state index >= 15 is 0 Å². The van der Waals surface area contributed by atoms with Gasteiger partial charge in [-0.3, -0.25) is 14.5 Å². The van der Waals surface area contributed by atoms with Crippen LogP contribution in [0.2, 0.25) is 5.02 Å². The van der Waals surface area contributed by atoms with E-state index in [4.69, 9.17) is 11.6 Å². The van der Waals surface area contributed by atoms with Gasteiger partial charge in [-0.25, -0.2) is 0 Å². The summed E-state index contributed by atoms with van der Waals surface area (Å²) in [5, 5.41) is 3.40. The van der Waals surface area contributed by atoms with E-state index in [1.807, 2.05) is 12.1 Å². The second kappa shape index (κ2) is 5.18. The van der Waals surface area contributed by atoms with E-state index in [2.05, 4.69) is 27.9 Å². The Morgan fingerprint density at radius 3 is 2.60 bits per heavy atom. The Balaban J connectivity index is 1.99. The molecule has 2 amide bonds. The Kier molecular flexibility index (Phi) is 3.66. The molecule has 4 nitrogen and oxygen atoms in total. The third-order valence-electron chi connectivity index (χ3n) is 3.99. The Labute approximate surface area is 136 Å². The molecule has 6 heteroatoms. The Morgan fingerprint density at radius 1 is 1.25 bits per heavy atom. The minimum absolute atomic E-state index is 0.0299. The highest BCUT2D eigenvalue weighted by molar-refractivity contribution is 14.1. The summed E-state index contributed by atoms with van der Waals surface area (Å²) < 4.78 is 1.00. The first kappa shape index (κ1) is 14.1. The van der Waals surface area contributed by atoms with Crippen LogP contribution in [0.5, 0.6) is 0 Å². The molecule has 1 saturated heterocycles. The van der Waals surface area contributed by atoms with Crippen molar-refractivity contribution in [3.05, 3.63) is 26.8 Å². The molecule has 1 spiro atoms. The monoisotopic (exact) mass is 404 g/mol. The number of nitrogens with one attached hydrogen (secondary N) is 1. The zero-order valence-electron chi connectivity index (χ0n) is 10.8. The van der Waals surface area contributed by atoms with E-state index < -0.39 is 5.54 Å². The second-order valence-corrected chi connectivity index (χ2v) is 6.98. The number of carbonyl (C=O) groups excluding carboxylic acids is 2. The van der Waals surface area contributed by atoms with Gasteiger partial charge in [0, 0.05) is 3.57 Å². The minimum Gasteiger partial charge on any atom is -0.340 e. The van der Waals surface area contributed by atoms with Gasteiger partial charge in [-0.05, 0) is 53.6 Å². The Morgan fingerprint density at radius 2 is 1.95 bits per heavy atom. The van der Waals surface area contributed by atoms with Crippen LogP contribution in [0.25, 0.3) is 0 Å². The van der Waals surface area contributed by atoms with Crippen molar-refractivity contribution < 1.29 is 9.59 Å². The number of amides is 2. The van der Waals surface area contributed by atoms with Crippen LogP contribution >= 0.6 is 34.2 Å². The lowest BCUT2D eigenvalue weighted by Crippen LogP contribution is -2.65. The number of hydrogen-bond acceptors (Lipinski definition) is 2. The average molecular weight is 405 g/mol. The van der Waals surface area contributed by atoms with E-state index in [1.165, 1.54) is 4.90 Å². The summed E-state index contributed by atoms with van der Waals surface area (Å²) in [7, 11) is 0. The first-order chi connectivity index (χ1) is 9.52. The lowest BCUT2D eigenvalue weighted by Gasteiger charge is -2.39. The molecule has 3 rings (SSSR count). The average Bonchev–Trinajstić information content (AvgIpc) is 2.84. The van der Waals surface area contributed by atoms with E-state index in [0.29, 0.717) is 10.7 Å². The molecule has 1 heterocycles. The third kappa shape index (κ3) is 2.30. The molecule has 0 aromatic heterocycles. The fourth-order valence-corrected chi connectivity index (χ4v) is 4.00. The predicted molar refractivity (Wildman–Crippen MR) is 85.9 cm³/mol. The largest absolute Gasteiger partial charge is 0.340 e. The normalized spacial score (nSPS) is 21.4. The standard InChI is InChI=1S/C14H14ClIN2O2/c15-10-7-9(16)3-4-11(10)18-8-12(19)17-14(13(18)20)5-1-2-6-14/h3-4,7H,1-2,5-6,8H2,(H,17,19). The number of nitrogens with zero attached hydrogens (tertiary/aromatic N) is 1. The number of piperazine rings is 1. The fourth-order valence-electron chi connectivity index (χ4n) is 3.05. The summed E-state index contributed by atoms with van der Waals surface area (Å²) >= 11 is 8.41. The molecule has 1 aromatic carbocycles. The lowest BCUT2D eigenvalue weighted by molar-refractivity contribution is -0.135. The van der Waals surface area contributed by atoms with Crippen molar-refractivity contribution in [2.75, 3.05) is 11.4 Å². The fraction of sp³-hybridized carbons (Fsp3) is 0.429. The van der Waals surface area contributed by atoms with Crippen LogP contribution in [0.15, 0.2) is 18.2 Å². The van der Waals surface area contributed by atoms with Gasteiger partial charge >= 0.3 is 0 Å². The van der Waals surface area contributed by atoms with Crippen molar-refractivity contribution in [3.8, 4) is 0 Å². The first-order valence-corrected chi connectivity index (χ1v) is 8.06. The van der Waals surface area contributed by atoms with Crippen LogP contribution in [0.3, 0.4) is 0 Å². The van der Waals surface area contributed by atoms with Gasteiger partial charge in [0.05, 0.1) is 10.7 Å². The molecule has 106 valence electrons. The summed E-state index contributed by atoms with van der Waals surface area (Å²) in [5.74, 6) is -0.140. The molecule has 0 unspecified atom stereocenters. The molecule has 20 heavy (non-hydrogen) atoms. The van der Waals surface area contributed by atoms with Gasteiger partial charge in [0.2, 0.25) is 5.91 Å². The molecule has 0 bridgehead atoms. The van der Waals surface area contributed by atoms with Crippen LogP contribution in [0.4, 0.5) is 5.69 Å². The van der Waals surface area contributed by atoms with Crippen molar-refractivity contribution in [3.63, 3.8) is 0 Å². The molecular weight excluding hydrogens is 391 g/mol. The molecule has 0 radical (unpaired) electrons. The van der Waals surface area contributed by atoms with Gasteiger partial charge in [0.1, 0.15) is 12.1 Å². The number of benzene rings is 1. The highest BCUT2D eigenvalue weighted by Gasteiger charge is 2.48. The van der Waals surface area contributed by atoms with Crippen LogP contribution < -0.4 is 10.2 Å². The van der Waals surface area contributed by atoms with Crippen LogP contribution in [0, 0.1) is 3.57 Å². The van der Waals surface area contributed by atoms with Crippen molar-refractivity contribution in [1.29, 1.82) is 0 Å². The van der Waals surface area contributed by atoms with Crippen molar-refractivity contribution in [1.82, 2.24) is 5.32 Å². The second-order valence-electron chi connectivity index (χ2n) is 5.32. The molecule has 2 fully saturated rings. The summed E-state index contributed by atoms with van der Waals surface area (Å²) in [5.41, 5.74) is -0.0833. The van der Waals surface area contributed by atoms with Crippen LogP contribution in [-0.2, 0) is 9.59 Å². The van der Waals surface area contributed by atoms with Crippen LogP contribution in [0.1, 0.15) is 25.7 Å². The zero-order chi connectivity index (χ0) is 14.3. The summed E-state index contributed by atoms with van der Waals surface area (Å²) in [6.07, 6.45) is 3.38. The molecule has 1 saturated carbocycles. The number of anilines is 1. The maximum atomic E-state index is 12.8. The van der Waals surface area contributed by atoms with Crippen molar-refractivity contribution in [2.24, 2.45) is 0 Å². The Bertz CT molecular complexity index is 585. The van der Waals surface area contributed by atoms with Gasteiger partial charge in [-0.15, -0.1) is 0 Å². The maximum absolute atomic E-state index is 12.8. The smallest absolute Gasteiger partial charge is 0.253 e. The highest BCUT2D eigenvalue weighted by atomic mass is 127. The summed E-state index contributed by atoms with van der Waals surface area (Å²) in [4.78, 5) is 26.3. The topological polar surface area (TPSA) is 49.4 Å². The third-order valence-corrected chi connectivity index (χ3v) is 4.97. The van der Waals surface area contributed by atoms with Gasteiger partial charge in [0.25, 0.3) is 5.91 Å². The lowest BCUT2D eigenvalue weighted by atomic mass is 9.92. The SMILES string of the molecule is O=C1CN(c2ccc(I)cc2Cl)C(=O)C2(CCCC2)N1. The van der Waals surface area contributed by atoms with Gasteiger partial charge in [0.15, 0.2) is 0 Å². The van der Waals surface area contributed by atoms with Crippen LogP contribution in [-0.4, -0.2) is 23.9 Å². The predicted octanol–water partition coefficient (Wildman–Crippen LogP) is 2.72. The minimum atomic E-state index is -0.707. The number of carbonyl (C=O) groups is 2. The number of halogens is 2. The first-order valence-electron chi connectivity index (χ1n) is 6.60. The molecular formula is C14H14ClIN2O2. The Hall–Kier alpha value is -0.820. The molecule has 0 atom stereocenters. The van der Waals surface area contributed by atoms with Gasteiger partial charge < -0.3 is 5.32 Å².